The van der Waals surface area contributed by atoms with E-state index in [0.717, 1.165) is 66.7 Å². The van der Waals surface area contributed by atoms with E-state index in [1.54, 1.807) is 79.6 Å². The molecule has 0 aliphatic heterocycles. The predicted octanol–water partition coefficient (Wildman–Crippen LogP) is 43.9. The molecule has 0 aromatic heterocycles. The van der Waals surface area contributed by atoms with E-state index in [4.69, 9.17) is 81.2 Å². The maximum Gasteiger partial charge on any atom is 0.130 e. The number of aryl methyl sites for hydroxylation is 3. The van der Waals surface area contributed by atoms with Gasteiger partial charge in [-0.1, -0.05) is 449 Å². The van der Waals surface area contributed by atoms with E-state index in [2.05, 4.69) is 178 Å². The van der Waals surface area contributed by atoms with E-state index in [1.165, 1.54) is 111 Å². The smallest absolute Gasteiger partial charge is 0.130 e. The summed E-state index contributed by atoms with van der Waals surface area (Å²) >= 11 is 41.2. The van der Waals surface area contributed by atoms with Gasteiger partial charge in [0, 0.05) is 37.8 Å². The molecule has 16 rings (SSSR count). The first-order valence-corrected chi connectivity index (χ1v) is 53.6. The number of hydrogen-bond donors (Lipinski definition) is 5. The van der Waals surface area contributed by atoms with Crippen molar-refractivity contribution in [2.75, 3.05) is 0 Å². The van der Waals surface area contributed by atoms with Crippen LogP contribution in [0.3, 0.4) is 0 Å². The van der Waals surface area contributed by atoms with Crippen LogP contribution in [0.2, 0.25) is 35.2 Å². The Morgan fingerprint density at radius 2 is 0.633 bits per heavy atom. The summed E-state index contributed by atoms with van der Waals surface area (Å²) in [7, 11) is 0. The van der Waals surface area contributed by atoms with Crippen LogP contribution in [0, 0.1) is 49.9 Å². The Kier molecular flexibility index (Phi) is 57.1. The number of fused-ring (bicyclic) bond motifs is 2. The number of halogens is 12. The molecule has 14 aromatic rings. The minimum atomic E-state index is -0.458. The third kappa shape index (κ3) is 43.3. The van der Waals surface area contributed by atoms with Crippen molar-refractivity contribution >= 4 is 98.1 Å². The number of benzene rings is 14. The van der Waals surface area contributed by atoms with Crippen molar-refractivity contribution < 1.29 is 47.5 Å². The number of hydrogen-bond acceptors (Lipinski definition) is 5. The molecule has 0 radical (unpaired) electrons. The Bertz CT molecular complexity index is 6050. The zero-order valence-corrected chi connectivity index (χ0v) is 96.8. The topological polar surface area (TPSA) is 101 Å². The highest BCUT2D eigenvalue weighted by atomic mass is 35.5. The van der Waals surface area contributed by atoms with E-state index in [0.29, 0.717) is 83.6 Å². The number of allylic oxidation sites excluding steroid dienone is 1. The first kappa shape index (κ1) is 129. The van der Waals surface area contributed by atoms with Crippen LogP contribution in [0.5, 0.6) is 28.7 Å². The summed E-state index contributed by atoms with van der Waals surface area (Å²) < 4.78 is 64.6. The van der Waals surface area contributed by atoms with E-state index < -0.39 is 11.6 Å². The lowest BCUT2D eigenvalue weighted by Gasteiger charge is -2.14. The number of phenols is 5. The lowest BCUT2D eigenvalue weighted by Crippen LogP contribution is -1.97. The molecule has 5 nitrogen and oxygen atoms in total. The number of para-hydroxylation sites is 1. The quantitative estimate of drug-likeness (QED) is 0.0699. The second-order valence-electron chi connectivity index (χ2n) is 40.8. The summed E-state index contributed by atoms with van der Waals surface area (Å²) in [5, 5.41) is 53.7. The molecular formula is C130H158Cl7F5O5. The van der Waals surface area contributed by atoms with E-state index in [-0.39, 0.29) is 75.8 Å². The second kappa shape index (κ2) is 65.0. The third-order valence-corrected chi connectivity index (χ3v) is 26.8. The van der Waals surface area contributed by atoms with Crippen LogP contribution in [0.15, 0.2) is 273 Å². The average Bonchev–Trinajstić information content (AvgIpc) is 1.56. The van der Waals surface area contributed by atoms with Gasteiger partial charge >= 0.3 is 0 Å². The number of aromatic hydroxyl groups is 5. The van der Waals surface area contributed by atoms with Crippen LogP contribution in [-0.4, -0.2) is 25.5 Å². The van der Waals surface area contributed by atoms with Gasteiger partial charge in [0.25, 0.3) is 0 Å². The minimum absolute atomic E-state index is 0.0243. The van der Waals surface area contributed by atoms with Gasteiger partial charge in [-0.25, -0.2) is 22.0 Å². The Labute approximate surface area is 913 Å². The molecule has 0 bridgehead atoms. The summed E-state index contributed by atoms with van der Waals surface area (Å²) in [6, 6.07) is 81.3. The molecule has 792 valence electrons. The predicted molar refractivity (Wildman–Crippen MR) is 627 cm³/mol. The molecule has 2 aliphatic carbocycles. The third-order valence-electron chi connectivity index (χ3n) is 24.2. The van der Waals surface area contributed by atoms with Gasteiger partial charge < -0.3 is 25.5 Å². The van der Waals surface area contributed by atoms with Crippen molar-refractivity contribution in [2.24, 2.45) is 0 Å². The van der Waals surface area contributed by atoms with E-state index >= 15 is 0 Å². The number of phenolic OH excluding ortho intramolecular Hbond substituents is 5. The van der Waals surface area contributed by atoms with Gasteiger partial charge in [0.1, 0.15) is 57.8 Å². The van der Waals surface area contributed by atoms with E-state index in [9.17, 15) is 47.5 Å². The minimum Gasteiger partial charge on any atom is -0.508 e. The van der Waals surface area contributed by atoms with Crippen molar-refractivity contribution in [3.8, 4) is 28.7 Å². The zero-order valence-electron chi connectivity index (χ0n) is 91.5. The van der Waals surface area contributed by atoms with Crippen molar-refractivity contribution in [1.82, 2.24) is 0 Å². The van der Waals surface area contributed by atoms with Gasteiger partial charge in [0.05, 0.1) is 20.1 Å². The normalized spacial score (nSPS) is 11.4. The Hall–Kier alpha value is -10.2. The highest BCUT2D eigenvalue weighted by Crippen LogP contribution is 2.44. The molecule has 5 N–H and O–H groups in total. The summed E-state index contributed by atoms with van der Waals surface area (Å²) in [4.78, 5) is 0. The number of rotatable bonds is 14. The van der Waals surface area contributed by atoms with Crippen LogP contribution in [0.25, 0.3) is 16.8 Å². The average molecular weight is 2140 g/mol. The van der Waals surface area contributed by atoms with Crippen molar-refractivity contribution in [3.05, 3.63) is 443 Å². The summed E-state index contributed by atoms with van der Waals surface area (Å²) in [5.74, 6) is 5.34. The first-order valence-electron chi connectivity index (χ1n) is 50.9. The maximum absolute atomic E-state index is 13.1. The molecule has 0 unspecified atom stereocenters. The fourth-order valence-corrected chi connectivity index (χ4v) is 18.3. The SMILES string of the molecule is CC(C)c1c(F)cccc1F.CC(C)c1c(O)cccc1Cl.CC(C)c1c(O)cccc1F.CC(C)c1cc(O)cc(Cl)c1Cl.CC(C)c1cc(O)cc2ccccc12.CC(C)c1cccc(Cl)c1Cl.CC(C)c1ccccc1C1CC1.CC(C)c1ccccc1Cl.CC(C)c1ccccc1F.CC(C)c1ccccc1O.Cc1ccc(C(C)C)c(F)c1.Cc1ccc(Cl)c(C(C)C)c1.Cc1ccc2c(c1C(C)C)C=CC2. The van der Waals surface area contributed by atoms with Crippen LogP contribution >= 0.6 is 81.2 Å². The molecule has 0 heterocycles. The lowest BCUT2D eigenvalue weighted by molar-refractivity contribution is 0.454. The van der Waals surface area contributed by atoms with Crippen molar-refractivity contribution in [1.29, 1.82) is 0 Å². The molecular weight excluding hydrogens is 1980 g/mol. The summed E-state index contributed by atoms with van der Waals surface area (Å²) in [5.41, 5.74) is 21.0. The van der Waals surface area contributed by atoms with Crippen molar-refractivity contribution in [3.63, 3.8) is 0 Å². The van der Waals surface area contributed by atoms with Gasteiger partial charge in [0.2, 0.25) is 0 Å². The molecule has 2 aliphatic rings. The largest absolute Gasteiger partial charge is 0.508 e. The molecule has 0 spiro atoms. The fraction of sp³-hybridized carbons (Fsp3) is 0.354. The lowest BCUT2D eigenvalue weighted by atomic mass is 9.91. The van der Waals surface area contributed by atoms with Gasteiger partial charge in [-0.15, -0.1) is 0 Å². The summed E-state index contributed by atoms with van der Waals surface area (Å²) in [6.45, 7) is 59.7. The molecule has 0 amide bonds. The van der Waals surface area contributed by atoms with Crippen molar-refractivity contribution in [2.45, 2.75) is 303 Å². The standard InChI is InChI=1S/C13H14O.C13H16.C12H16.C10H13Cl.C10H13F.C9H10Cl2O.C9H10Cl2.C9H11ClO.C9H11Cl.C9H10F2.C9H11FO.C9H11F.C9H12O/c1-9(2)13-8-11(14)7-10-5-3-4-6-12(10)13;1-9(2)13-10(3)7-8-11-5-4-6-12(11)13;1-9(2)11-5-3-4-6-12(11)10-7-8-10;1-7(2)9-6-8(3)4-5-10(9)11;1-7(2)9-5-4-8(3)6-10(9)11;1-5(2)7-3-6(12)4-8(10)9(7)11;1-6(2)7-4-3-5-8(10)9(7)11;1-6(2)9-7(10)4-3-5-8(9)11;1-7(2)8-5-3-4-6-9(8)10;2*1-6(2)9-7(10)4-3-5-8(9)11;2*1-7(2)8-5-3-4-6-9(8)10/h3-9,14H,1-2H3;4,6-9H,5H2,1-3H3;3-6,9-10H,7-8H2,1-2H3;2*4-7H,1-3H3;3-5,12H,1-2H3;3-6H,1-2H3;3-6,11H,1-2H3;3-7H,1-2H3;3-6H,1-2H3;3-6,11H,1-2H3;3-7H,1-2H3;3-7,10H,1-2H3. The van der Waals surface area contributed by atoms with Crippen LogP contribution in [0.4, 0.5) is 22.0 Å². The van der Waals surface area contributed by atoms with Gasteiger partial charge in [-0.3, -0.25) is 0 Å². The zero-order chi connectivity index (χ0) is 111. The first-order chi connectivity index (χ1) is 69.1. The molecule has 1 fully saturated rings. The van der Waals surface area contributed by atoms with Crippen LogP contribution in [-0.2, 0) is 6.42 Å². The van der Waals surface area contributed by atoms with Gasteiger partial charge in [0.15, 0.2) is 0 Å². The van der Waals surface area contributed by atoms with E-state index in [1.807, 2.05) is 185 Å². The highest BCUT2D eigenvalue weighted by molar-refractivity contribution is 6.43. The molecule has 1 saturated carbocycles. The molecule has 0 saturated heterocycles. The monoisotopic (exact) mass is 2140 g/mol. The van der Waals surface area contributed by atoms with Crippen LogP contribution in [0.1, 0.15) is 381 Å². The molecule has 17 heteroatoms. The Morgan fingerprint density at radius 3 is 1.07 bits per heavy atom. The van der Waals surface area contributed by atoms with Crippen LogP contribution < -0.4 is 0 Å². The maximum atomic E-state index is 13.1. The van der Waals surface area contributed by atoms with Gasteiger partial charge in [-0.2, -0.15) is 0 Å². The second-order valence-corrected chi connectivity index (χ2v) is 43.5. The Morgan fingerprint density at radius 1 is 0.252 bits per heavy atom. The molecule has 0 atom stereocenters. The van der Waals surface area contributed by atoms with Gasteiger partial charge in [-0.05, 0) is 308 Å². The molecule has 147 heavy (non-hydrogen) atoms. The highest BCUT2D eigenvalue weighted by Gasteiger charge is 2.27. The molecule has 14 aromatic carbocycles. The Balaban J connectivity index is 0.000000332. The fourth-order valence-electron chi connectivity index (χ4n) is 16.1. The summed E-state index contributed by atoms with van der Waals surface area (Å²) in [6.07, 6.45) is 8.47.